The molecule has 0 fully saturated rings. The van der Waals surface area contributed by atoms with Gasteiger partial charge in [0.05, 0.1) is 22.0 Å². The number of ether oxygens (including phenoxy) is 1. The van der Waals surface area contributed by atoms with Gasteiger partial charge in [-0.05, 0) is 28.4 Å². The highest BCUT2D eigenvalue weighted by Gasteiger charge is 2.14. The lowest BCUT2D eigenvalue weighted by Gasteiger charge is -2.16. The van der Waals surface area contributed by atoms with Crippen molar-refractivity contribution in [2.45, 2.75) is 12.5 Å². The molecule has 90 valence electrons. The van der Waals surface area contributed by atoms with Crippen molar-refractivity contribution < 1.29 is 9.53 Å². The molecule has 3 nitrogen and oxygen atoms in total. The topological polar surface area (TPSA) is 38.3 Å². The summed E-state index contributed by atoms with van der Waals surface area (Å²) in [6, 6.07) is 1.87. The first-order chi connectivity index (χ1) is 7.67. The number of hydrogen-bond acceptors (Lipinski definition) is 3. The molecule has 0 radical (unpaired) electrons. The van der Waals surface area contributed by atoms with Gasteiger partial charge < -0.3 is 10.1 Å². The third-order valence-electron chi connectivity index (χ3n) is 1.99. The van der Waals surface area contributed by atoms with Gasteiger partial charge in [-0.15, -0.1) is 11.3 Å². The lowest BCUT2D eigenvalue weighted by molar-refractivity contribution is 0.0896. The maximum atomic E-state index is 11.8. The largest absolute Gasteiger partial charge is 0.383 e. The van der Waals surface area contributed by atoms with E-state index in [2.05, 4.69) is 37.2 Å². The molecule has 6 heteroatoms. The minimum absolute atomic E-state index is 0.0510. The number of nitrogens with one attached hydrogen (secondary N) is 1. The summed E-state index contributed by atoms with van der Waals surface area (Å²) >= 11 is 8.19. The molecule has 0 saturated carbocycles. The molecule has 1 aromatic rings. The maximum absolute atomic E-state index is 11.8. The molecule has 0 bridgehead atoms. The van der Waals surface area contributed by atoms with Gasteiger partial charge >= 0.3 is 0 Å². The Kier molecular flexibility index (Phi) is 6.57. The molecule has 16 heavy (non-hydrogen) atoms. The standard InChI is InChI=1S/C10H13Br2NO2S/c1-15-5-8(2-3-11)13-10(14)7-4-9(12)16-6-7/h4,6,8H,2-3,5H2,1H3,(H,13,14). The summed E-state index contributed by atoms with van der Waals surface area (Å²) in [4.78, 5) is 11.8. The monoisotopic (exact) mass is 369 g/mol. The van der Waals surface area contributed by atoms with E-state index >= 15 is 0 Å². The average Bonchev–Trinajstić information content (AvgIpc) is 2.65. The number of thiophene rings is 1. The first kappa shape index (κ1) is 14.2. The van der Waals surface area contributed by atoms with E-state index in [9.17, 15) is 4.79 Å². The molecule has 0 spiro atoms. The Morgan fingerprint density at radius 2 is 2.44 bits per heavy atom. The van der Waals surface area contributed by atoms with Gasteiger partial charge in [0.15, 0.2) is 0 Å². The second-order valence-electron chi connectivity index (χ2n) is 3.24. The van der Waals surface area contributed by atoms with Crippen LogP contribution in [0.2, 0.25) is 0 Å². The van der Waals surface area contributed by atoms with Crippen LogP contribution in [0.5, 0.6) is 0 Å². The van der Waals surface area contributed by atoms with Gasteiger partial charge in [0.2, 0.25) is 0 Å². The molecule has 1 aromatic heterocycles. The fourth-order valence-corrected chi connectivity index (χ4v) is 2.92. The molecule has 1 heterocycles. The normalized spacial score (nSPS) is 12.4. The van der Waals surface area contributed by atoms with Gasteiger partial charge in [-0.25, -0.2) is 0 Å². The fraction of sp³-hybridized carbons (Fsp3) is 0.500. The number of rotatable bonds is 6. The van der Waals surface area contributed by atoms with E-state index in [1.807, 2.05) is 11.4 Å². The van der Waals surface area contributed by atoms with E-state index in [1.165, 1.54) is 11.3 Å². The zero-order chi connectivity index (χ0) is 12.0. The van der Waals surface area contributed by atoms with Crippen molar-refractivity contribution in [2.75, 3.05) is 19.0 Å². The quantitative estimate of drug-likeness (QED) is 0.781. The molecule has 0 aliphatic rings. The Morgan fingerprint density at radius 3 is 2.94 bits per heavy atom. The molecule has 1 rings (SSSR count). The van der Waals surface area contributed by atoms with Crippen molar-refractivity contribution in [2.24, 2.45) is 0 Å². The number of carbonyl (C=O) groups is 1. The minimum atomic E-state index is -0.0510. The predicted molar refractivity (Wildman–Crippen MR) is 73.6 cm³/mol. The summed E-state index contributed by atoms with van der Waals surface area (Å²) in [7, 11) is 1.63. The van der Waals surface area contributed by atoms with Gasteiger partial charge in [0.25, 0.3) is 5.91 Å². The molecule has 1 unspecified atom stereocenters. The Labute approximate surface area is 116 Å². The number of halogens is 2. The van der Waals surface area contributed by atoms with Crippen LogP contribution in [0.3, 0.4) is 0 Å². The van der Waals surface area contributed by atoms with E-state index in [0.717, 1.165) is 15.5 Å². The Morgan fingerprint density at radius 1 is 1.69 bits per heavy atom. The highest BCUT2D eigenvalue weighted by atomic mass is 79.9. The van der Waals surface area contributed by atoms with Crippen molar-refractivity contribution in [3.05, 3.63) is 20.8 Å². The minimum Gasteiger partial charge on any atom is -0.383 e. The molecule has 0 aliphatic carbocycles. The Bertz CT molecular complexity index is 337. The lowest BCUT2D eigenvalue weighted by Crippen LogP contribution is -2.38. The first-order valence-electron chi connectivity index (χ1n) is 4.77. The predicted octanol–water partition coefficient (Wildman–Crippen LogP) is 3.04. The SMILES string of the molecule is COCC(CCBr)NC(=O)c1csc(Br)c1. The van der Waals surface area contributed by atoms with Crippen molar-refractivity contribution in [3.63, 3.8) is 0 Å². The summed E-state index contributed by atoms with van der Waals surface area (Å²) in [6.07, 6.45) is 0.852. The Balaban J connectivity index is 2.54. The second kappa shape index (κ2) is 7.42. The van der Waals surface area contributed by atoms with E-state index in [4.69, 9.17) is 4.74 Å². The van der Waals surface area contributed by atoms with Crippen LogP contribution in [0.1, 0.15) is 16.8 Å². The van der Waals surface area contributed by atoms with Gasteiger partial charge in [0.1, 0.15) is 0 Å². The van der Waals surface area contributed by atoms with Crippen LogP contribution >= 0.6 is 43.2 Å². The van der Waals surface area contributed by atoms with Gasteiger partial charge in [-0.3, -0.25) is 4.79 Å². The number of carbonyl (C=O) groups excluding carboxylic acids is 1. The third kappa shape index (κ3) is 4.53. The van der Waals surface area contributed by atoms with Crippen molar-refractivity contribution >= 4 is 49.1 Å². The van der Waals surface area contributed by atoms with E-state index < -0.39 is 0 Å². The van der Waals surface area contributed by atoms with Crippen LogP contribution in [0.25, 0.3) is 0 Å². The van der Waals surface area contributed by atoms with Crippen LogP contribution in [-0.4, -0.2) is 31.0 Å². The van der Waals surface area contributed by atoms with Crippen molar-refractivity contribution in [3.8, 4) is 0 Å². The summed E-state index contributed by atoms with van der Waals surface area (Å²) in [5.41, 5.74) is 0.688. The van der Waals surface area contributed by atoms with Crippen molar-refractivity contribution in [1.29, 1.82) is 0 Å². The number of amides is 1. The summed E-state index contributed by atoms with van der Waals surface area (Å²) in [6.45, 7) is 0.530. The molecule has 0 aliphatic heterocycles. The molecular weight excluding hydrogens is 358 g/mol. The van der Waals surface area contributed by atoms with E-state index in [1.54, 1.807) is 7.11 Å². The molecule has 0 aromatic carbocycles. The van der Waals surface area contributed by atoms with Gasteiger partial charge in [-0.2, -0.15) is 0 Å². The van der Waals surface area contributed by atoms with Crippen LogP contribution in [0, 0.1) is 0 Å². The highest BCUT2D eigenvalue weighted by molar-refractivity contribution is 9.11. The average molecular weight is 371 g/mol. The van der Waals surface area contributed by atoms with Gasteiger partial charge in [-0.1, -0.05) is 15.9 Å². The number of methoxy groups -OCH3 is 1. The van der Waals surface area contributed by atoms with Crippen LogP contribution < -0.4 is 5.32 Å². The zero-order valence-electron chi connectivity index (χ0n) is 8.83. The summed E-state index contributed by atoms with van der Waals surface area (Å²) in [5, 5.41) is 5.61. The van der Waals surface area contributed by atoms with Crippen molar-refractivity contribution in [1.82, 2.24) is 5.32 Å². The molecule has 1 amide bonds. The van der Waals surface area contributed by atoms with Crippen LogP contribution in [-0.2, 0) is 4.74 Å². The number of alkyl halides is 1. The molecule has 0 saturated heterocycles. The smallest absolute Gasteiger partial charge is 0.252 e. The highest BCUT2D eigenvalue weighted by Crippen LogP contribution is 2.20. The number of hydrogen-bond donors (Lipinski definition) is 1. The van der Waals surface area contributed by atoms with Crippen LogP contribution in [0.4, 0.5) is 0 Å². The van der Waals surface area contributed by atoms with E-state index in [-0.39, 0.29) is 11.9 Å². The zero-order valence-corrected chi connectivity index (χ0v) is 12.8. The Hall–Kier alpha value is 0.0900. The summed E-state index contributed by atoms with van der Waals surface area (Å²) < 4.78 is 6.02. The lowest BCUT2D eigenvalue weighted by atomic mass is 10.2. The maximum Gasteiger partial charge on any atom is 0.252 e. The van der Waals surface area contributed by atoms with E-state index in [0.29, 0.717) is 12.2 Å². The third-order valence-corrected chi connectivity index (χ3v) is 3.95. The van der Waals surface area contributed by atoms with Gasteiger partial charge in [0, 0.05) is 17.8 Å². The molecular formula is C10H13Br2NO2S. The van der Waals surface area contributed by atoms with Crippen LogP contribution in [0.15, 0.2) is 15.2 Å². The first-order valence-corrected chi connectivity index (χ1v) is 7.56. The summed E-state index contributed by atoms with van der Waals surface area (Å²) in [5.74, 6) is -0.0510. The fourth-order valence-electron chi connectivity index (χ4n) is 1.23. The second-order valence-corrected chi connectivity index (χ2v) is 6.33. The molecule has 1 N–H and O–H groups in total. The molecule has 1 atom stereocenters.